The molecule has 0 aliphatic carbocycles. The number of nitrogens with zero attached hydrogens (tertiary/aromatic N) is 2. The minimum absolute atomic E-state index is 0.251. The molecule has 1 aromatic heterocycles. The highest BCUT2D eigenvalue weighted by molar-refractivity contribution is 9.10. The number of hydrogen-bond acceptors (Lipinski definition) is 3. The molecule has 1 atom stereocenters. The molecule has 1 unspecified atom stereocenters. The van der Waals surface area contributed by atoms with Crippen molar-refractivity contribution in [2.45, 2.75) is 25.8 Å². The first-order chi connectivity index (χ1) is 6.76. The summed E-state index contributed by atoms with van der Waals surface area (Å²) in [5.41, 5.74) is 0. The third-order valence-electron chi connectivity index (χ3n) is 1.81. The molecular formula is C10H12BrN3. The van der Waals surface area contributed by atoms with E-state index in [4.69, 9.17) is 6.42 Å². The Bertz CT molecular complexity index is 315. The molecule has 1 rings (SSSR count). The Morgan fingerprint density at radius 3 is 2.71 bits per heavy atom. The third kappa shape index (κ3) is 3.35. The first-order valence-electron chi connectivity index (χ1n) is 4.43. The molecule has 3 nitrogen and oxygen atoms in total. The van der Waals surface area contributed by atoms with Crippen LogP contribution in [0, 0.1) is 12.3 Å². The van der Waals surface area contributed by atoms with E-state index in [9.17, 15) is 0 Å². The summed E-state index contributed by atoms with van der Waals surface area (Å²) in [4.78, 5) is 8.22. The summed E-state index contributed by atoms with van der Waals surface area (Å²) >= 11 is 3.27. The Labute approximate surface area is 92.5 Å². The molecule has 0 aliphatic rings. The summed E-state index contributed by atoms with van der Waals surface area (Å²) < 4.78 is 0.869. The molecule has 1 aromatic rings. The van der Waals surface area contributed by atoms with Crippen LogP contribution in [-0.4, -0.2) is 16.0 Å². The SMILES string of the molecule is C#CCC(CC)Nc1ncc(Br)cn1. The summed E-state index contributed by atoms with van der Waals surface area (Å²) in [5.74, 6) is 3.24. The fraction of sp³-hybridized carbons (Fsp3) is 0.400. The summed E-state index contributed by atoms with van der Waals surface area (Å²) in [7, 11) is 0. The van der Waals surface area contributed by atoms with Crippen LogP contribution in [0.25, 0.3) is 0 Å². The largest absolute Gasteiger partial charge is 0.351 e. The van der Waals surface area contributed by atoms with Gasteiger partial charge in [0.15, 0.2) is 0 Å². The van der Waals surface area contributed by atoms with Crippen LogP contribution in [0.5, 0.6) is 0 Å². The van der Waals surface area contributed by atoms with Crippen LogP contribution in [-0.2, 0) is 0 Å². The van der Waals surface area contributed by atoms with Gasteiger partial charge in [-0.2, -0.15) is 0 Å². The van der Waals surface area contributed by atoms with E-state index in [0.29, 0.717) is 12.4 Å². The maximum Gasteiger partial charge on any atom is 0.222 e. The third-order valence-corrected chi connectivity index (χ3v) is 2.22. The average molecular weight is 254 g/mol. The van der Waals surface area contributed by atoms with Crippen molar-refractivity contribution >= 4 is 21.9 Å². The smallest absolute Gasteiger partial charge is 0.222 e. The minimum atomic E-state index is 0.251. The zero-order chi connectivity index (χ0) is 10.4. The van der Waals surface area contributed by atoms with E-state index in [2.05, 4.69) is 44.1 Å². The van der Waals surface area contributed by atoms with Crippen LogP contribution in [0.2, 0.25) is 0 Å². The van der Waals surface area contributed by atoms with Crippen molar-refractivity contribution in [2.75, 3.05) is 5.32 Å². The lowest BCUT2D eigenvalue weighted by Gasteiger charge is -2.13. The first-order valence-corrected chi connectivity index (χ1v) is 5.23. The van der Waals surface area contributed by atoms with E-state index in [-0.39, 0.29) is 6.04 Å². The zero-order valence-corrected chi connectivity index (χ0v) is 9.58. The van der Waals surface area contributed by atoms with Gasteiger partial charge in [-0.15, -0.1) is 12.3 Å². The Kier molecular flexibility index (Phi) is 4.41. The van der Waals surface area contributed by atoms with Gasteiger partial charge in [-0.1, -0.05) is 6.92 Å². The fourth-order valence-corrected chi connectivity index (χ4v) is 1.21. The number of hydrogen-bond donors (Lipinski definition) is 1. The molecule has 1 N–H and O–H groups in total. The van der Waals surface area contributed by atoms with Crippen LogP contribution in [0.15, 0.2) is 16.9 Å². The maximum atomic E-state index is 5.24. The monoisotopic (exact) mass is 253 g/mol. The quantitative estimate of drug-likeness (QED) is 0.838. The molecule has 0 aromatic carbocycles. The lowest BCUT2D eigenvalue weighted by molar-refractivity contribution is 0.706. The summed E-state index contributed by atoms with van der Waals surface area (Å²) in [6.45, 7) is 2.08. The van der Waals surface area contributed by atoms with Crippen LogP contribution < -0.4 is 5.32 Å². The lowest BCUT2D eigenvalue weighted by atomic mass is 10.2. The molecule has 0 bridgehead atoms. The zero-order valence-electron chi connectivity index (χ0n) is 8.00. The normalized spacial score (nSPS) is 11.8. The van der Waals surface area contributed by atoms with Crippen molar-refractivity contribution in [2.24, 2.45) is 0 Å². The molecule has 0 saturated carbocycles. The van der Waals surface area contributed by atoms with Gasteiger partial charge in [0.25, 0.3) is 0 Å². The summed E-state index contributed by atoms with van der Waals surface area (Å²) in [5, 5.41) is 3.17. The molecule has 1 heterocycles. The van der Waals surface area contributed by atoms with E-state index in [1.54, 1.807) is 12.4 Å². The molecule has 74 valence electrons. The van der Waals surface area contributed by atoms with Crippen molar-refractivity contribution in [1.82, 2.24) is 9.97 Å². The highest BCUT2D eigenvalue weighted by atomic mass is 79.9. The molecule has 0 aliphatic heterocycles. The van der Waals surface area contributed by atoms with Crippen molar-refractivity contribution < 1.29 is 0 Å². The van der Waals surface area contributed by atoms with Gasteiger partial charge in [-0.3, -0.25) is 0 Å². The van der Waals surface area contributed by atoms with E-state index < -0.39 is 0 Å². The van der Waals surface area contributed by atoms with Gasteiger partial charge in [0.05, 0.1) is 4.47 Å². The van der Waals surface area contributed by atoms with Crippen molar-refractivity contribution in [3.05, 3.63) is 16.9 Å². The van der Waals surface area contributed by atoms with E-state index >= 15 is 0 Å². The number of anilines is 1. The number of halogens is 1. The predicted octanol–water partition coefficient (Wildman–Crippen LogP) is 2.45. The van der Waals surface area contributed by atoms with Crippen LogP contribution in [0.4, 0.5) is 5.95 Å². The van der Waals surface area contributed by atoms with Gasteiger partial charge < -0.3 is 5.32 Å². The molecule has 0 radical (unpaired) electrons. The fourth-order valence-electron chi connectivity index (χ4n) is 1.01. The minimum Gasteiger partial charge on any atom is -0.351 e. The highest BCUT2D eigenvalue weighted by Crippen LogP contribution is 2.09. The second kappa shape index (κ2) is 5.61. The molecule has 0 amide bonds. The maximum absolute atomic E-state index is 5.24. The van der Waals surface area contributed by atoms with Crippen LogP contribution in [0.1, 0.15) is 19.8 Å². The first kappa shape index (κ1) is 11.0. The van der Waals surface area contributed by atoms with Crippen molar-refractivity contribution in [1.29, 1.82) is 0 Å². The van der Waals surface area contributed by atoms with Gasteiger partial charge in [-0.05, 0) is 22.4 Å². The summed E-state index contributed by atoms with van der Waals surface area (Å²) in [6, 6.07) is 0.251. The Balaban J connectivity index is 2.59. The van der Waals surface area contributed by atoms with Crippen molar-refractivity contribution in [3.63, 3.8) is 0 Å². The second-order valence-electron chi connectivity index (χ2n) is 2.88. The number of terminal acetylenes is 1. The predicted molar refractivity (Wildman–Crippen MR) is 60.9 cm³/mol. The van der Waals surface area contributed by atoms with Gasteiger partial charge in [0.1, 0.15) is 0 Å². The Morgan fingerprint density at radius 2 is 2.21 bits per heavy atom. The Hall–Kier alpha value is -1.08. The topological polar surface area (TPSA) is 37.8 Å². The Morgan fingerprint density at radius 1 is 1.57 bits per heavy atom. The van der Waals surface area contributed by atoms with Gasteiger partial charge in [0.2, 0.25) is 5.95 Å². The number of nitrogens with one attached hydrogen (secondary N) is 1. The van der Waals surface area contributed by atoms with Crippen molar-refractivity contribution in [3.8, 4) is 12.3 Å². The molecular weight excluding hydrogens is 242 g/mol. The standard InChI is InChI=1S/C10H12BrN3/c1-3-5-9(4-2)14-10-12-6-8(11)7-13-10/h1,6-7,9H,4-5H2,2H3,(H,12,13,14). The molecule has 0 fully saturated rings. The van der Waals surface area contributed by atoms with E-state index in [1.807, 2.05) is 0 Å². The molecule has 14 heavy (non-hydrogen) atoms. The van der Waals surface area contributed by atoms with E-state index in [0.717, 1.165) is 10.9 Å². The van der Waals surface area contributed by atoms with Gasteiger partial charge in [0, 0.05) is 24.9 Å². The molecule has 0 spiro atoms. The molecule has 4 heteroatoms. The van der Waals surface area contributed by atoms with Crippen LogP contribution >= 0.6 is 15.9 Å². The average Bonchev–Trinajstić information content (AvgIpc) is 2.20. The lowest BCUT2D eigenvalue weighted by Crippen LogP contribution is -2.19. The van der Waals surface area contributed by atoms with Crippen LogP contribution in [0.3, 0.4) is 0 Å². The van der Waals surface area contributed by atoms with Gasteiger partial charge in [-0.25, -0.2) is 9.97 Å². The number of rotatable bonds is 4. The highest BCUT2D eigenvalue weighted by Gasteiger charge is 2.05. The second-order valence-corrected chi connectivity index (χ2v) is 3.80. The summed E-state index contributed by atoms with van der Waals surface area (Å²) in [6.07, 6.45) is 10.3. The molecule has 0 saturated heterocycles. The van der Waals surface area contributed by atoms with E-state index in [1.165, 1.54) is 0 Å². The number of aromatic nitrogens is 2. The van der Waals surface area contributed by atoms with Gasteiger partial charge >= 0.3 is 0 Å².